The van der Waals surface area contributed by atoms with Gasteiger partial charge in [0.05, 0.1) is 36.3 Å². The van der Waals surface area contributed by atoms with E-state index in [0.29, 0.717) is 17.8 Å². The van der Waals surface area contributed by atoms with Crippen molar-refractivity contribution < 1.29 is 21.6 Å². The molecular formula is C17H22F3N5O2S. The van der Waals surface area contributed by atoms with Crippen LogP contribution in [0.15, 0.2) is 30.5 Å². The van der Waals surface area contributed by atoms with E-state index in [0.717, 1.165) is 18.7 Å². The van der Waals surface area contributed by atoms with Crippen molar-refractivity contribution in [1.29, 1.82) is 0 Å². The fourth-order valence-corrected chi connectivity index (χ4v) is 4.92. The lowest BCUT2D eigenvalue weighted by Gasteiger charge is -2.20. The van der Waals surface area contributed by atoms with E-state index in [2.05, 4.69) is 10.3 Å². The lowest BCUT2D eigenvalue weighted by molar-refractivity contribution is -0.137. The van der Waals surface area contributed by atoms with E-state index in [4.69, 9.17) is 0 Å². The van der Waals surface area contributed by atoms with Crippen molar-refractivity contribution >= 4 is 10.0 Å². The average Bonchev–Trinajstić information content (AvgIpc) is 3.18. The number of hydrogen-bond donors (Lipinski definition) is 0. The molecule has 0 aliphatic carbocycles. The van der Waals surface area contributed by atoms with Gasteiger partial charge in [-0.3, -0.25) is 0 Å². The summed E-state index contributed by atoms with van der Waals surface area (Å²) in [5.74, 6) is 0.0652. The molecule has 0 saturated carbocycles. The number of benzene rings is 1. The minimum atomic E-state index is -4.41. The van der Waals surface area contributed by atoms with Crippen molar-refractivity contribution in [2.75, 3.05) is 25.9 Å². The highest BCUT2D eigenvalue weighted by molar-refractivity contribution is 7.89. The minimum absolute atomic E-state index is 0.0652. The third-order valence-corrected chi connectivity index (χ3v) is 6.73. The summed E-state index contributed by atoms with van der Waals surface area (Å²) in [5, 5.41) is 7.89. The van der Waals surface area contributed by atoms with Crippen LogP contribution in [0.2, 0.25) is 0 Å². The highest BCUT2D eigenvalue weighted by atomic mass is 32.2. The van der Waals surface area contributed by atoms with Crippen LogP contribution in [0, 0.1) is 0 Å². The maximum atomic E-state index is 12.8. The zero-order valence-corrected chi connectivity index (χ0v) is 16.4. The second-order valence-electron chi connectivity index (χ2n) is 6.90. The molecule has 1 aromatic heterocycles. The number of likely N-dealkylation sites (N-methyl/N-ethyl adjacent to an activating group) is 1. The summed E-state index contributed by atoms with van der Waals surface area (Å²) in [6, 6.07) is 4.93. The highest BCUT2D eigenvalue weighted by Crippen LogP contribution is 2.29. The zero-order valence-electron chi connectivity index (χ0n) is 15.6. The number of hydrogen-bond acceptors (Lipinski definition) is 5. The molecule has 7 nitrogen and oxygen atoms in total. The van der Waals surface area contributed by atoms with Gasteiger partial charge in [-0.1, -0.05) is 24.3 Å². The number of sulfonamides is 1. The van der Waals surface area contributed by atoms with Gasteiger partial charge in [0.25, 0.3) is 0 Å². The van der Waals surface area contributed by atoms with Crippen LogP contribution in [-0.2, 0) is 29.3 Å². The summed E-state index contributed by atoms with van der Waals surface area (Å²) >= 11 is 0. The van der Waals surface area contributed by atoms with E-state index in [1.807, 2.05) is 18.9 Å². The smallest absolute Gasteiger partial charge is 0.301 e. The Kier molecular flexibility index (Phi) is 5.78. The first kappa shape index (κ1) is 20.7. The van der Waals surface area contributed by atoms with Gasteiger partial charge >= 0.3 is 6.18 Å². The lowest BCUT2D eigenvalue weighted by Crippen LogP contribution is -2.35. The monoisotopic (exact) mass is 417 g/mol. The van der Waals surface area contributed by atoms with Gasteiger partial charge in [0.1, 0.15) is 0 Å². The van der Waals surface area contributed by atoms with Crippen molar-refractivity contribution in [1.82, 2.24) is 24.2 Å². The van der Waals surface area contributed by atoms with Crippen LogP contribution in [0.5, 0.6) is 0 Å². The Labute approximate surface area is 161 Å². The van der Waals surface area contributed by atoms with Crippen molar-refractivity contribution in [2.24, 2.45) is 0 Å². The maximum absolute atomic E-state index is 12.8. The molecular weight excluding hydrogens is 395 g/mol. The molecule has 1 saturated heterocycles. The van der Waals surface area contributed by atoms with E-state index in [1.165, 1.54) is 15.1 Å². The molecule has 1 aliphatic rings. The van der Waals surface area contributed by atoms with E-state index in [9.17, 15) is 21.6 Å². The maximum Gasteiger partial charge on any atom is 0.416 e. The van der Waals surface area contributed by atoms with Crippen LogP contribution in [0.3, 0.4) is 0 Å². The van der Waals surface area contributed by atoms with Gasteiger partial charge in [0.15, 0.2) is 0 Å². The number of rotatable bonds is 6. The topological polar surface area (TPSA) is 71.3 Å². The lowest BCUT2D eigenvalue weighted by atomic mass is 10.1. The third kappa shape index (κ3) is 4.70. The first-order valence-corrected chi connectivity index (χ1v) is 10.4. The Morgan fingerprint density at radius 3 is 2.71 bits per heavy atom. The molecule has 0 bridgehead atoms. The van der Waals surface area contributed by atoms with Gasteiger partial charge in [0, 0.05) is 12.6 Å². The normalized spacial score (nSPS) is 20.1. The second-order valence-corrected chi connectivity index (χ2v) is 8.92. The van der Waals surface area contributed by atoms with Crippen molar-refractivity contribution in [3.63, 3.8) is 0 Å². The summed E-state index contributed by atoms with van der Waals surface area (Å²) in [5.41, 5.74) is 0.166. The Hall–Kier alpha value is -1.98. The Morgan fingerprint density at radius 2 is 2.04 bits per heavy atom. The molecule has 1 fully saturated rings. The Balaban J connectivity index is 1.68. The summed E-state index contributed by atoms with van der Waals surface area (Å²) in [6.07, 6.45) is -2.84. The van der Waals surface area contributed by atoms with Gasteiger partial charge in [-0.25, -0.2) is 13.1 Å². The van der Waals surface area contributed by atoms with E-state index in [-0.39, 0.29) is 24.9 Å². The van der Waals surface area contributed by atoms with Crippen LogP contribution in [0.4, 0.5) is 13.2 Å². The fraction of sp³-hybridized carbons (Fsp3) is 0.529. The van der Waals surface area contributed by atoms with E-state index < -0.39 is 21.8 Å². The van der Waals surface area contributed by atoms with Crippen LogP contribution in [-0.4, -0.2) is 64.5 Å². The highest BCUT2D eigenvalue weighted by Gasteiger charge is 2.38. The fourth-order valence-electron chi connectivity index (χ4n) is 3.14. The predicted octanol–water partition coefficient (Wildman–Crippen LogP) is 1.81. The zero-order chi connectivity index (χ0) is 20.5. The molecule has 1 aliphatic heterocycles. The Morgan fingerprint density at radius 1 is 1.29 bits per heavy atom. The van der Waals surface area contributed by atoms with E-state index >= 15 is 0 Å². The molecule has 1 aromatic carbocycles. The standard InChI is InChI=1S/C17H22F3N5O2S/c1-3-23(2)16-11-25(28(26,27)12-16)10-15-9-24(22-21-15)8-13-5-4-6-14(7-13)17(18,19)20/h4-7,9,16H,3,8,10-12H2,1-2H3. The molecule has 0 N–H and O–H groups in total. The molecule has 0 amide bonds. The number of halogens is 3. The molecule has 11 heteroatoms. The van der Waals surface area contributed by atoms with Gasteiger partial charge in [-0.2, -0.15) is 17.5 Å². The molecule has 0 radical (unpaired) electrons. The molecule has 3 rings (SSSR count). The summed E-state index contributed by atoms with van der Waals surface area (Å²) in [4.78, 5) is 1.99. The average molecular weight is 417 g/mol. The molecule has 2 aromatic rings. The van der Waals surface area contributed by atoms with E-state index in [1.54, 1.807) is 12.3 Å². The molecule has 1 atom stereocenters. The molecule has 28 heavy (non-hydrogen) atoms. The first-order chi connectivity index (χ1) is 13.1. The second kappa shape index (κ2) is 7.80. The largest absolute Gasteiger partial charge is 0.416 e. The quantitative estimate of drug-likeness (QED) is 0.717. The number of aromatic nitrogens is 3. The summed E-state index contributed by atoms with van der Waals surface area (Å²) in [7, 11) is -1.49. The van der Waals surface area contributed by atoms with Crippen molar-refractivity contribution in [3.8, 4) is 0 Å². The molecule has 154 valence electrons. The summed E-state index contributed by atoms with van der Waals surface area (Å²) in [6.45, 7) is 3.31. The molecule has 1 unspecified atom stereocenters. The van der Waals surface area contributed by atoms with Gasteiger partial charge in [0.2, 0.25) is 10.0 Å². The first-order valence-electron chi connectivity index (χ1n) is 8.81. The predicted molar refractivity (Wildman–Crippen MR) is 96.9 cm³/mol. The summed E-state index contributed by atoms with van der Waals surface area (Å²) < 4.78 is 66.0. The van der Waals surface area contributed by atoms with Crippen molar-refractivity contribution in [2.45, 2.75) is 32.2 Å². The Bertz CT molecular complexity index is 929. The van der Waals surface area contributed by atoms with Crippen LogP contribution < -0.4 is 0 Å². The van der Waals surface area contributed by atoms with Gasteiger partial charge in [-0.15, -0.1) is 5.10 Å². The van der Waals surface area contributed by atoms with Crippen molar-refractivity contribution in [3.05, 3.63) is 47.3 Å². The molecule has 0 spiro atoms. The third-order valence-electron chi connectivity index (χ3n) is 4.86. The number of alkyl halides is 3. The van der Waals surface area contributed by atoms with Crippen LogP contribution in [0.25, 0.3) is 0 Å². The molecule has 2 heterocycles. The number of nitrogens with zero attached hydrogens (tertiary/aromatic N) is 5. The van der Waals surface area contributed by atoms with Crippen LogP contribution in [0.1, 0.15) is 23.7 Å². The van der Waals surface area contributed by atoms with Gasteiger partial charge < -0.3 is 4.90 Å². The SMILES string of the molecule is CCN(C)C1CN(Cc2cn(Cc3cccc(C(F)(F)F)c3)nn2)S(=O)(=O)C1. The van der Waals surface area contributed by atoms with Crippen LogP contribution >= 0.6 is 0 Å². The minimum Gasteiger partial charge on any atom is -0.301 e. The van der Waals surface area contributed by atoms with Gasteiger partial charge in [-0.05, 0) is 31.3 Å².